The first-order valence-corrected chi connectivity index (χ1v) is 4.55. The molecule has 2 heterocycles. The molecule has 0 saturated carbocycles. The maximum Gasteiger partial charge on any atom is 0.218 e. The van der Waals surface area contributed by atoms with E-state index in [1.165, 1.54) is 0 Å². The van der Waals surface area contributed by atoms with Crippen molar-refractivity contribution in [3.05, 3.63) is 36.3 Å². The highest BCUT2D eigenvalue weighted by atomic mass is 16.5. The number of nitrogens with two attached hydrogens (primary N) is 1. The Bertz CT molecular complexity index is 452. The van der Waals surface area contributed by atoms with Crippen LogP contribution in [0.5, 0.6) is 5.88 Å². The van der Waals surface area contributed by atoms with Crippen molar-refractivity contribution < 1.29 is 4.74 Å². The second-order valence-electron chi connectivity index (χ2n) is 3.09. The highest BCUT2D eigenvalue weighted by Crippen LogP contribution is 2.16. The van der Waals surface area contributed by atoms with Gasteiger partial charge in [0.25, 0.3) is 0 Å². The van der Waals surface area contributed by atoms with Crippen LogP contribution in [0.3, 0.4) is 0 Å². The van der Waals surface area contributed by atoms with Gasteiger partial charge in [-0.25, -0.2) is 9.97 Å². The number of anilines is 1. The number of nitrogen functional groups attached to an aromatic ring is 1. The Morgan fingerprint density at radius 2 is 2.27 bits per heavy atom. The largest absolute Gasteiger partial charge is 0.481 e. The fourth-order valence-corrected chi connectivity index (χ4v) is 1.39. The van der Waals surface area contributed by atoms with Crippen molar-refractivity contribution >= 4 is 5.95 Å². The van der Waals surface area contributed by atoms with Crippen LogP contribution in [0.15, 0.2) is 30.7 Å². The summed E-state index contributed by atoms with van der Waals surface area (Å²) in [7, 11) is 1.60. The lowest BCUT2D eigenvalue weighted by molar-refractivity contribution is 0.391. The molecule has 0 saturated heterocycles. The van der Waals surface area contributed by atoms with Crippen LogP contribution in [0.2, 0.25) is 0 Å². The highest BCUT2D eigenvalue weighted by Gasteiger charge is 2.05. The predicted molar refractivity (Wildman–Crippen MR) is 56.5 cm³/mol. The lowest BCUT2D eigenvalue weighted by Gasteiger charge is -2.08. The summed E-state index contributed by atoms with van der Waals surface area (Å²) in [6.07, 6.45) is 5.18. The Labute approximate surface area is 87.5 Å². The average molecular weight is 204 g/mol. The maximum atomic E-state index is 5.67. The number of ether oxygens (including phenoxy) is 1. The van der Waals surface area contributed by atoms with Gasteiger partial charge in [0.15, 0.2) is 5.95 Å². The molecule has 0 aliphatic heterocycles. The van der Waals surface area contributed by atoms with Crippen LogP contribution in [-0.2, 0) is 6.54 Å². The third kappa shape index (κ3) is 1.90. The smallest absolute Gasteiger partial charge is 0.218 e. The maximum absolute atomic E-state index is 5.67. The van der Waals surface area contributed by atoms with Crippen molar-refractivity contribution in [1.29, 1.82) is 0 Å². The summed E-state index contributed by atoms with van der Waals surface area (Å²) in [5.41, 5.74) is 6.65. The Morgan fingerprint density at radius 1 is 1.40 bits per heavy atom. The first-order valence-electron chi connectivity index (χ1n) is 4.55. The Balaban J connectivity index is 2.28. The summed E-state index contributed by atoms with van der Waals surface area (Å²) in [6.45, 7) is 0.614. The second kappa shape index (κ2) is 4.00. The van der Waals surface area contributed by atoms with E-state index in [1.807, 2.05) is 22.9 Å². The molecule has 0 aliphatic carbocycles. The van der Waals surface area contributed by atoms with Crippen LogP contribution in [0.25, 0.3) is 0 Å². The van der Waals surface area contributed by atoms with E-state index in [4.69, 9.17) is 10.5 Å². The normalized spacial score (nSPS) is 10.2. The van der Waals surface area contributed by atoms with Crippen LogP contribution in [0.4, 0.5) is 5.95 Å². The lowest BCUT2D eigenvalue weighted by Crippen LogP contribution is -2.05. The Hall–Kier alpha value is -2.04. The van der Waals surface area contributed by atoms with Gasteiger partial charge in [-0.3, -0.25) is 0 Å². The zero-order valence-corrected chi connectivity index (χ0v) is 8.42. The molecule has 2 aromatic heterocycles. The Morgan fingerprint density at radius 3 is 2.93 bits per heavy atom. The number of hydrogen-bond donors (Lipinski definition) is 1. The first-order chi connectivity index (χ1) is 7.31. The van der Waals surface area contributed by atoms with Crippen molar-refractivity contribution in [2.75, 3.05) is 12.8 Å². The number of pyridine rings is 1. The highest BCUT2D eigenvalue weighted by molar-refractivity contribution is 5.28. The summed E-state index contributed by atoms with van der Waals surface area (Å²) in [4.78, 5) is 8.06. The second-order valence-corrected chi connectivity index (χ2v) is 3.09. The summed E-state index contributed by atoms with van der Waals surface area (Å²) < 4.78 is 6.98. The molecule has 2 rings (SSSR count). The third-order valence-electron chi connectivity index (χ3n) is 2.13. The van der Waals surface area contributed by atoms with Crippen molar-refractivity contribution in [2.45, 2.75) is 6.54 Å². The van der Waals surface area contributed by atoms with Crippen molar-refractivity contribution in [3.8, 4) is 5.88 Å². The molecule has 5 nitrogen and oxygen atoms in total. The van der Waals surface area contributed by atoms with E-state index < -0.39 is 0 Å². The molecule has 0 amide bonds. The van der Waals surface area contributed by atoms with E-state index in [9.17, 15) is 0 Å². The number of imidazole rings is 1. The molecular weight excluding hydrogens is 192 g/mol. The van der Waals surface area contributed by atoms with Crippen LogP contribution in [0, 0.1) is 0 Å². The summed E-state index contributed by atoms with van der Waals surface area (Å²) in [5.74, 6) is 1.10. The molecule has 0 bridgehead atoms. The van der Waals surface area contributed by atoms with Gasteiger partial charge in [0, 0.05) is 24.2 Å². The van der Waals surface area contributed by atoms with Crippen molar-refractivity contribution in [3.63, 3.8) is 0 Å². The van der Waals surface area contributed by atoms with Gasteiger partial charge >= 0.3 is 0 Å². The minimum absolute atomic E-state index is 0.487. The third-order valence-corrected chi connectivity index (χ3v) is 2.13. The average Bonchev–Trinajstić information content (AvgIpc) is 2.65. The molecule has 2 N–H and O–H groups in total. The molecule has 0 aromatic carbocycles. The quantitative estimate of drug-likeness (QED) is 0.807. The number of methoxy groups -OCH3 is 1. The zero-order valence-electron chi connectivity index (χ0n) is 8.42. The van der Waals surface area contributed by atoms with Gasteiger partial charge in [0.2, 0.25) is 5.88 Å². The van der Waals surface area contributed by atoms with E-state index in [1.54, 1.807) is 19.5 Å². The van der Waals surface area contributed by atoms with Crippen molar-refractivity contribution in [2.24, 2.45) is 0 Å². The van der Waals surface area contributed by atoms with Crippen LogP contribution < -0.4 is 10.5 Å². The van der Waals surface area contributed by atoms with Crippen LogP contribution >= 0.6 is 0 Å². The predicted octanol–water partition coefficient (Wildman–Crippen LogP) is 0.917. The molecule has 0 spiro atoms. The van der Waals surface area contributed by atoms with Gasteiger partial charge in [0.05, 0.1) is 13.7 Å². The van der Waals surface area contributed by atoms with E-state index in [0.717, 1.165) is 5.56 Å². The van der Waals surface area contributed by atoms with E-state index in [-0.39, 0.29) is 0 Å². The molecule has 0 radical (unpaired) electrons. The standard InChI is InChI=1S/C10H12N4O/c1-15-9-8(3-2-4-12-9)7-14-6-5-13-10(14)11/h2-6H,7H2,1H3,(H2,11,13). The van der Waals surface area contributed by atoms with E-state index in [0.29, 0.717) is 18.4 Å². The molecule has 78 valence electrons. The number of aromatic nitrogens is 3. The fourth-order valence-electron chi connectivity index (χ4n) is 1.39. The molecule has 15 heavy (non-hydrogen) atoms. The molecule has 0 atom stereocenters. The van der Waals surface area contributed by atoms with Gasteiger partial charge in [-0.1, -0.05) is 6.07 Å². The number of hydrogen-bond acceptors (Lipinski definition) is 4. The molecule has 0 aliphatic rings. The SMILES string of the molecule is COc1ncccc1Cn1ccnc1N. The molecule has 0 fully saturated rings. The topological polar surface area (TPSA) is 66.0 Å². The summed E-state index contributed by atoms with van der Waals surface area (Å²) in [5, 5.41) is 0. The van der Waals surface area contributed by atoms with E-state index >= 15 is 0 Å². The molecule has 0 unspecified atom stereocenters. The minimum atomic E-state index is 0.487. The summed E-state index contributed by atoms with van der Waals surface area (Å²) in [6, 6.07) is 3.82. The van der Waals surface area contributed by atoms with Crippen LogP contribution in [0.1, 0.15) is 5.56 Å². The number of rotatable bonds is 3. The van der Waals surface area contributed by atoms with E-state index in [2.05, 4.69) is 9.97 Å². The first kappa shape index (κ1) is 9.51. The minimum Gasteiger partial charge on any atom is -0.481 e. The molecular formula is C10H12N4O. The van der Waals surface area contributed by atoms with Gasteiger partial charge in [-0.15, -0.1) is 0 Å². The van der Waals surface area contributed by atoms with Gasteiger partial charge in [-0.05, 0) is 6.07 Å². The lowest BCUT2D eigenvalue weighted by atomic mass is 10.2. The fraction of sp³-hybridized carbons (Fsp3) is 0.200. The van der Waals surface area contributed by atoms with Crippen molar-refractivity contribution in [1.82, 2.24) is 14.5 Å². The summed E-state index contributed by atoms with van der Waals surface area (Å²) >= 11 is 0. The molecule has 5 heteroatoms. The van der Waals surface area contributed by atoms with Gasteiger partial charge in [-0.2, -0.15) is 0 Å². The number of nitrogens with zero attached hydrogens (tertiary/aromatic N) is 3. The van der Waals surface area contributed by atoms with Gasteiger partial charge in [0.1, 0.15) is 0 Å². The molecule has 2 aromatic rings. The zero-order chi connectivity index (χ0) is 10.7. The van der Waals surface area contributed by atoms with Gasteiger partial charge < -0.3 is 15.0 Å². The van der Waals surface area contributed by atoms with Crippen LogP contribution in [-0.4, -0.2) is 21.6 Å². The Kier molecular flexibility index (Phi) is 2.53. The monoisotopic (exact) mass is 204 g/mol.